The molecule has 0 aliphatic rings. The third-order valence-corrected chi connectivity index (χ3v) is 2.66. The normalized spacial score (nSPS) is 12.5. The van der Waals surface area contributed by atoms with Crippen LogP contribution in [0.2, 0.25) is 0 Å². The minimum absolute atomic E-state index is 0.127. The summed E-state index contributed by atoms with van der Waals surface area (Å²) in [4.78, 5) is 11.1. The predicted molar refractivity (Wildman–Crippen MR) is 69.0 cm³/mol. The molecule has 94 valence electrons. The smallest absolute Gasteiger partial charge is 0.218 e. The second-order valence-electron chi connectivity index (χ2n) is 4.48. The van der Waals surface area contributed by atoms with Gasteiger partial charge in [-0.3, -0.25) is 4.79 Å². The molecule has 0 aliphatic heterocycles. The predicted octanol–water partition coefficient (Wildman–Crippen LogP) is 2.84. The summed E-state index contributed by atoms with van der Waals surface area (Å²) in [5.74, 6) is 0.731. The van der Waals surface area contributed by atoms with Gasteiger partial charge in [-0.25, -0.2) is 0 Å². The van der Waals surface area contributed by atoms with Crippen LogP contribution in [0.25, 0.3) is 0 Å². The van der Waals surface area contributed by atoms with Gasteiger partial charge in [0.15, 0.2) is 0 Å². The van der Waals surface area contributed by atoms with Crippen LogP contribution in [0.1, 0.15) is 45.1 Å². The SMILES string of the molecule is CCC(CC(N)=O)c1ccccc1OC(C)C. The van der Waals surface area contributed by atoms with E-state index in [1.807, 2.05) is 38.1 Å². The van der Waals surface area contributed by atoms with Crippen molar-refractivity contribution >= 4 is 5.91 Å². The molecule has 0 fully saturated rings. The number of carbonyl (C=O) groups is 1. The average molecular weight is 235 g/mol. The van der Waals surface area contributed by atoms with Gasteiger partial charge in [0, 0.05) is 6.42 Å². The topological polar surface area (TPSA) is 52.3 Å². The van der Waals surface area contributed by atoms with E-state index in [0.717, 1.165) is 17.7 Å². The Labute approximate surface area is 103 Å². The molecule has 3 heteroatoms. The highest BCUT2D eigenvalue weighted by Gasteiger charge is 2.17. The number of nitrogens with two attached hydrogens (primary N) is 1. The van der Waals surface area contributed by atoms with E-state index in [-0.39, 0.29) is 17.9 Å². The molecule has 0 radical (unpaired) electrons. The summed E-state index contributed by atoms with van der Waals surface area (Å²) >= 11 is 0. The molecule has 0 aromatic heterocycles. The first-order chi connectivity index (χ1) is 8.04. The van der Waals surface area contributed by atoms with E-state index in [1.165, 1.54) is 0 Å². The van der Waals surface area contributed by atoms with Crippen molar-refractivity contribution in [1.82, 2.24) is 0 Å². The minimum atomic E-state index is -0.267. The highest BCUT2D eigenvalue weighted by Crippen LogP contribution is 2.31. The lowest BCUT2D eigenvalue weighted by Gasteiger charge is -2.19. The second-order valence-corrected chi connectivity index (χ2v) is 4.48. The van der Waals surface area contributed by atoms with Gasteiger partial charge in [-0.2, -0.15) is 0 Å². The van der Waals surface area contributed by atoms with Gasteiger partial charge >= 0.3 is 0 Å². The number of amides is 1. The summed E-state index contributed by atoms with van der Waals surface area (Å²) < 4.78 is 5.76. The van der Waals surface area contributed by atoms with E-state index in [2.05, 4.69) is 6.92 Å². The molecule has 0 aliphatic carbocycles. The third kappa shape index (κ3) is 4.10. The molecule has 1 rings (SSSR count). The van der Waals surface area contributed by atoms with Gasteiger partial charge in [-0.1, -0.05) is 25.1 Å². The molecule has 0 bridgehead atoms. The fourth-order valence-electron chi connectivity index (χ4n) is 1.90. The number of para-hydroxylation sites is 1. The monoisotopic (exact) mass is 235 g/mol. The Balaban J connectivity index is 2.96. The lowest BCUT2D eigenvalue weighted by atomic mass is 9.92. The maximum absolute atomic E-state index is 11.1. The Hall–Kier alpha value is -1.51. The third-order valence-electron chi connectivity index (χ3n) is 2.66. The Kier molecular flexibility index (Phi) is 5.01. The molecule has 3 nitrogen and oxygen atoms in total. The number of hydrogen-bond acceptors (Lipinski definition) is 2. The standard InChI is InChI=1S/C14H21NO2/c1-4-11(9-14(15)16)12-7-5-6-8-13(12)17-10(2)3/h5-8,10-11H,4,9H2,1-3H3,(H2,15,16). The fraction of sp³-hybridized carbons (Fsp3) is 0.500. The molecular formula is C14H21NO2. The molecule has 1 aromatic carbocycles. The maximum atomic E-state index is 11.1. The van der Waals surface area contributed by atoms with Gasteiger partial charge < -0.3 is 10.5 Å². The molecule has 1 aromatic rings. The van der Waals surface area contributed by atoms with E-state index in [9.17, 15) is 4.79 Å². The van der Waals surface area contributed by atoms with Gasteiger partial charge in [0.2, 0.25) is 5.91 Å². The van der Waals surface area contributed by atoms with Crippen molar-refractivity contribution in [1.29, 1.82) is 0 Å². The van der Waals surface area contributed by atoms with Crippen LogP contribution >= 0.6 is 0 Å². The highest BCUT2D eigenvalue weighted by molar-refractivity contribution is 5.75. The van der Waals surface area contributed by atoms with Crippen molar-refractivity contribution < 1.29 is 9.53 Å². The van der Waals surface area contributed by atoms with Gasteiger partial charge in [-0.05, 0) is 37.8 Å². The van der Waals surface area contributed by atoms with Crippen LogP contribution in [0.3, 0.4) is 0 Å². The van der Waals surface area contributed by atoms with Gasteiger partial charge in [0.25, 0.3) is 0 Å². The summed E-state index contributed by atoms with van der Waals surface area (Å²) in [6, 6.07) is 7.86. The van der Waals surface area contributed by atoms with Crippen LogP contribution < -0.4 is 10.5 Å². The number of benzene rings is 1. The molecule has 0 saturated heterocycles. The lowest BCUT2D eigenvalue weighted by molar-refractivity contribution is -0.118. The molecule has 17 heavy (non-hydrogen) atoms. The van der Waals surface area contributed by atoms with Crippen LogP contribution in [0.15, 0.2) is 24.3 Å². The van der Waals surface area contributed by atoms with Crippen molar-refractivity contribution in [2.75, 3.05) is 0 Å². The Morgan fingerprint density at radius 3 is 2.53 bits per heavy atom. The zero-order valence-corrected chi connectivity index (χ0v) is 10.8. The quantitative estimate of drug-likeness (QED) is 0.824. The zero-order valence-electron chi connectivity index (χ0n) is 10.8. The highest BCUT2D eigenvalue weighted by atomic mass is 16.5. The molecule has 1 atom stereocenters. The summed E-state index contributed by atoms with van der Waals surface area (Å²) in [6.07, 6.45) is 1.37. The first-order valence-corrected chi connectivity index (χ1v) is 6.08. The van der Waals surface area contributed by atoms with Crippen molar-refractivity contribution in [3.05, 3.63) is 29.8 Å². The van der Waals surface area contributed by atoms with Gasteiger partial charge in [-0.15, -0.1) is 0 Å². The zero-order chi connectivity index (χ0) is 12.8. The van der Waals surface area contributed by atoms with Crippen LogP contribution in [0, 0.1) is 0 Å². The van der Waals surface area contributed by atoms with Crippen LogP contribution in [0.4, 0.5) is 0 Å². The Morgan fingerprint density at radius 2 is 2.00 bits per heavy atom. The van der Waals surface area contributed by atoms with Crippen molar-refractivity contribution in [3.8, 4) is 5.75 Å². The van der Waals surface area contributed by atoms with Gasteiger partial charge in [0.1, 0.15) is 5.75 Å². The minimum Gasteiger partial charge on any atom is -0.491 e. The van der Waals surface area contributed by atoms with E-state index in [0.29, 0.717) is 6.42 Å². The largest absolute Gasteiger partial charge is 0.491 e. The van der Waals surface area contributed by atoms with Crippen LogP contribution in [0.5, 0.6) is 5.75 Å². The van der Waals surface area contributed by atoms with Crippen molar-refractivity contribution in [2.45, 2.75) is 45.6 Å². The molecule has 1 unspecified atom stereocenters. The van der Waals surface area contributed by atoms with Gasteiger partial charge in [0.05, 0.1) is 6.10 Å². The number of rotatable bonds is 6. The summed E-state index contributed by atoms with van der Waals surface area (Å²) in [6.45, 7) is 6.04. The van der Waals surface area contributed by atoms with E-state index >= 15 is 0 Å². The van der Waals surface area contributed by atoms with Crippen molar-refractivity contribution in [2.24, 2.45) is 5.73 Å². The summed E-state index contributed by atoms with van der Waals surface area (Å²) in [5, 5.41) is 0. The van der Waals surface area contributed by atoms with Crippen molar-refractivity contribution in [3.63, 3.8) is 0 Å². The lowest BCUT2D eigenvalue weighted by Crippen LogP contribution is -2.16. The van der Waals surface area contributed by atoms with Crippen LogP contribution in [-0.4, -0.2) is 12.0 Å². The molecule has 1 amide bonds. The molecule has 0 spiro atoms. The first-order valence-electron chi connectivity index (χ1n) is 6.08. The average Bonchev–Trinajstić information content (AvgIpc) is 2.26. The number of carbonyl (C=O) groups excluding carboxylic acids is 1. The van der Waals surface area contributed by atoms with E-state index in [1.54, 1.807) is 0 Å². The molecular weight excluding hydrogens is 214 g/mol. The molecule has 2 N–H and O–H groups in total. The van der Waals surface area contributed by atoms with Crippen LogP contribution in [-0.2, 0) is 4.79 Å². The first kappa shape index (κ1) is 13.6. The molecule has 0 saturated carbocycles. The van der Waals surface area contributed by atoms with E-state index < -0.39 is 0 Å². The summed E-state index contributed by atoms with van der Waals surface area (Å²) in [7, 11) is 0. The maximum Gasteiger partial charge on any atom is 0.218 e. The van der Waals surface area contributed by atoms with E-state index in [4.69, 9.17) is 10.5 Å². The Morgan fingerprint density at radius 1 is 1.35 bits per heavy atom. The fourth-order valence-corrected chi connectivity index (χ4v) is 1.90. The summed E-state index contributed by atoms with van der Waals surface area (Å²) in [5.41, 5.74) is 6.35. The Bertz CT molecular complexity index is 374. The molecule has 0 heterocycles. The number of hydrogen-bond donors (Lipinski definition) is 1. The number of primary amides is 1. The second kappa shape index (κ2) is 6.28. The number of ether oxygens (including phenoxy) is 1.